The van der Waals surface area contributed by atoms with Crippen LogP contribution in [0.25, 0.3) is 33.2 Å². The number of aromatic nitrogens is 2. The molecule has 0 radical (unpaired) electrons. The van der Waals surface area contributed by atoms with Crippen molar-refractivity contribution in [3.8, 4) is 17.4 Å². The zero-order chi connectivity index (χ0) is 22.2. The lowest BCUT2D eigenvalue weighted by Crippen LogP contribution is -2.12. The molecule has 32 heavy (non-hydrogen) atoms. The average Bonchev–Trinajstić information content (AvgIpc) is 3.42. The lowest BCUT2D eigenvalue weighted by Gasteiger charge is -2.09. The van der Waals surface area contributed by atoms with Crippen LogP contribution in [-0.4, -0.2) is 14.9 Å². The largest absolute Gasteiger partial charge is 0.457 e. The maximum atomic E-state index is 12.8. The quantitative estimate of drug-likeness (QED) is 0.265. The van der Waals surface area contributed by atoms with E-state index in [1.54, 1.807) is 24.3 Å². The number of benzene rings is 1. The van der Waals surface area contributed by atoms with Gasteiger partial charge in [-0.15, -0.1) is 11.3 Å². The van der Waals surface area contributed by atoms with Gasteiger partial charge < -0.3 is 9.40 Å². The third-order valence-electron chi connectivity index (χ3n) is 5.46. The van der Waals surface area contributed by atoms with E-state index < -0.39 is 4.92 Å². The van der Waals surface area contributed by atoms with Crippen molar-refractivity contribution in [2.75, 3.05) is 0 Å². The second-order valence-corrected chi connectivity index (χ2v) is 8.57. The number of nitro groups is 1. The Kier molecular flexibility index (Phi) is 4.92. The molecule has 3 aromatic heterocycles. The molecule has 0 saturated heterocycles. The van der Waals surface area contributed by atoms with Gasteiger partial charge in [-0.2, -0.15) is 5.26 Å². The maximum Gasteiger partial charge on any atom is 0.270 e. The smallest absolute Gasteiger partial charge is 0.270 e. The van der Waals surface area contributed by atoms with Crippen molar-refractivity contribution in [2.45, 2.75) is 25.7 Å². The van der Waals surface area contributed by atoms with Crippen molar-refractivity contribution in [3.63, 3.8) is 0 Å². The molecule has 4 aromatic rings. The molecule has 1 aliphatic carbocycles. The van der Waals surface area contributed by atoms with Gasteiger partial charge in [0.05, 0.1) is 15.9 Å². The molecule has 0 saturated carbocycles. The predicted octanol–water partition coefficient (Wildman–Crippen LogP) is 5.10. The van der Waals surface area contributed by atoms with Gasteiger partial charge in [-0.3, -0.25) is 14.9 Å². The van der Waals surface area contributed by atoms with Crippen LogP contribution in [0.3, 0.4) is 0 Å². The molecule has 158 valence electrons. The van der Waals surface area contributed by atoms with Crippen LogP contribution in [-0.2, 0) is 12.8 Å². The molecule has 0 fully saturated rings. The fourth-order valence-electron chi connectivity index (χ4n) is 3.95. The highest BCUT2D eigenvalue weighted by Crippen LogP contribution is 2.34. The van der Waals surface area contributed by atoms with Gasteiger partial charge in [0.15, 0.2) is 5.82 Å². The molecule has 1 aromatic carbocycles. The summed E-state index contributed by atoms with van der Waals surface area (Å²) in [5.41, 5.74) is 1.53. The van der Waals surface area contributed by atoms with E-state index in [2.05, 4.69) is 16.0 Å². The number of fused-ring (bicyclic) bond motifs is 3. The number of rotatable bonds is 4. The summed E-state index contributed by atoms with van der Waals surface area (Å²) in [6.45, 7) is 0. The third kappa shape index (κ3) is 3.50. The number of nitriles is 1. The van der Waals surface area contributed by atoms with Gasteiger partial charge in [-0.25, -0.2) is 4.98 Å². The van der Waals surface area contributed by atoms with Gasteiger partial charge in [-0.1, -0.05) is 12.1 Å². The minimum Gasteiger partial charge on any atom is -0.457 e. The second kappa shape index (κ2) is 7.90. The van der Waals surface area contributed by atoms with Crippen LogP contribution in [0.1, 0.15) is 34.9 Å². The molecule has 1 N–H and O–H groups in total. The van der Waals surface area contributed by atoms with Gasteiger partial charge >= 0.3 is 0 Å². The predicted molar refractivity (Wildman–Crippen MR) is 121 cm³/mol. The molecule has 1 aliphatic rings. The van der Waals surface area contributed by atoms with Gasteiger partial charge in [0.2, 0.25) is 0 Å². The van der Waals surface area contributed by atoms with Gasteiger partial charge in [0.1, 0.15) is 22.4 Å². The van der Waals surface area contributed by atoms with E-state index in [-0.39, 0.29) is 22.6 Å². The minimum atomic E-state index is -0.471. The van der Waals surface area contributed by atoms with Crippen molar-refractivity contribution in [1.82, 2.24) is 9.97 Å². The fraction of sp³-hybridized carbons (Fsp3) is 0.174. The van der Waals surface area contributed by atoms with Crippen LogP contribution in [0, 0.1) is 21.4 Å². The number of nitrogens with one attached hydrogen (secondary N) is 1. The van der Waals surface area contributed by atoms with Gasteiger partial charge in [0, 0.05) is 28.6 Å². The number of hydrogen-bond acceptors (Lipinski definition) is 7. The lowest BCUT2D eigenvalue weighted by atomic mass is 9.97. The molecular formula is C23H16N4O4S. The fourth-order valence-corrected chi connectivity index (χ4v) is 5.21. The summed E-state index contributed by atoms with van der Waals surface area (Å²) in [5.74, 6) is 0.994. The Labute approximate surface area is 185 Å². The molecule has 0 spiro atoms. The third-order valence-corrected chi connectivity index (χ3v) is 6.64. The first-order valence-electron chi connectivity index (χ1n) is 10.0. The molecule has 8 nitrogen and oxygen atoms in total. The molecule has 0 aliphatic heterocycles. The van der Waals surface area contributed by atoms with E-state index in [1.807, 2.05) is 0 Å². The molecule has 0 amide bonds. The van der Waals surface area contributed by atoms with E-state index in [4.69, 9.17) is 4.42 Å². The Morgan fingerprint density at radius 2 is 2.12 bits per heavy atom. The second-order valence-electron chi connectivity index (χ2n) is 7.48. The first kappa shape index (κ1) is 19.9. The van der Waals surface area contributed by atoms with Crippen molar-refractivity contribution < 1.29 is 9.34 Å². The summed E-state index contributed by atoms with van der Waals surface area (Å²) in [5, 5.41) is 21.3. The highest BCUT2D eigenvalue weighted by Gasteiger charge is 2.20. The summed E-state index contributed by atoms with van der Waals surface area (Å²) in [4.78, 5) is 32.5. The van der Waals surface area contributed by atoms with Crippen molar-refractivity contribution in [3.05, 3.63) is 78.9 Å². The van der Waals surface area contributed by atoms with Crippen molar-refractivity contribution in [2.24, 2.45) is 0 Å². The normalized spacial score (nSPS) is 13.7. The van der Waals surface area contributed by atoms with Crippen LogP contribution in [0.5, 0.6) is 0 Å². The number of furan rings is 1. The Hall–Kier alpha value is -4.03. The molecule has 5 rings (SSSR count). The van der Waals surface area contributed by atoms with Crippen LogP contribution in [0.15, 0.2) is 45.6 Å². The summed E-state index contributed by atoms with van der Waals surface area (Å²) >= 11 is 1.52. The monoisotopic (exact) mass is 444 g/mol. The number of aryl methyl sites for hydroxylation is 2. The first-order chi connectivity index (χ1) is 15.5. The van der Waals surface area contributed by atoms with E-state index in [1.165, 1.54) is 34.4 Å². The van der Waals surface area contributed by atoms with Crippen molar-refractivity contribution in [1.29, 1.82) is 5.26 Å². The summed E-state index contributed by atoms with van der Waals surface area (Å²) < 4.78 is 5.77. The highest BCUT2D eigenvalue weighted by molar-refractivity contribution is 7.18. The molecule has 0 bridgehead atoms. The summed E-state index contributed by atoms with van der Waals surface area (Å²) in [7, 11) is 0. The highest BCUT2D eigenvalue weighted by atomic mass is 32.1. The Bertz CT molecular complexity index is 1500. The zero-order valence-electron chi connectivity index (χ0n) is 16.8. The number of nitrogens with zero attached hydrogens (tertiary/aromatic N) is 3. The summed E-state index contributed by atoms with van der Waals surface area (Å²) in [6.07, 6.45) is 5.51. The Morgan fingerprint density at radius 3 is 2.94 bits per heavy atom. The van der Waals surface area contributed by atoms with Gasteiger partial charge in [-0.05, 0) is 43.4 Å². The Balaban J connectivity index is 1.52. The van der Waals surface area contributed by atoms with Crippen LogP contribution < -0.4 is 5.56 Å². The number of hydrogen-bond donors (Lipinski definition) is 1. The minimum absolute atomic E-state index is 0.0394. The van der Waals surface area contributed by atoms with E-state index in [0.717, 1.165) is 31.2 Å². The Morgan fingerprint density at radius 1 is 1.28 bits per heavy atom. The standard InChI is InChI=1S/C23H16N4O4S/c24-12-14(11-16-8-9-18(31-16)13-4-3-5-15(10-13)27(29)30)21-25-22(28)20-17-6-1-2-7-19(17)32-23(20)26-21/h3-5,8-11H,1-2,6-7H2,(H,25,26,28)/b14-11+. The van der Waals surface area contributed by atoms with Crippen LogP contribution in [0.4, 0.5) is 5.69 Å². The SMILES string of the molecule is N#C/C(=C\c1ccc(-c2cccc([N+](=O)[O-])c2)o1)c1nc2sc3c(c2c(=O)[nH]1)CCCC3. The molecule has 9 heteroatoms. The molecule has 3 heterocycles. The number of H-pyrrole nitrogens is 1. The van der Waals surface area contributed by atoms with Crippen LogP contribution in [0.2, 0.25) is 0 Å². The zero-order valence-corrected chi connectivity index (χ0v) is 17.6. The average molecular weight is 444 g/mol. The molecule has 0 unspecified atom stereocenters. The topological polar surface area (TPSA) is 126 Å². The number of thiophene rings is 1. The maximum absolute atomic E-state index is 12.8. The van der Waals surface area contributed by atoms with E-state index in [0.29, 0.717) is 27.3 Å². The number of non-ortho nitro benzene ring substituents is 1. The summed E-state index contributed by atoms with van der Waals surface area (Å²) in [6, 6.07) is 11.5. The van der Waals surface area contributed by atoms with Crippen LogP contribution >= 0.6 is 11.3 Å². The molecular weight excluding hydrogens is 428 g/mol. The number of aromatic amines is 1. The van der Waals surface area contributed by atoms with Crippen molar-refractivity contribution >= 4 is 38.9 Å². The number of nitro benzene ring substituents is 1. The van der Waals surface area contributed by atoms with Gasteiger partial charge in [0.25, 0.3) is 11.2 Å². The van der Waals surface area contributed by atoms with E-state index >= 15 is 0 Å². The lowest BCUT2D eigenvalue weighted by molar-refractivity contribution is -0.384. The van der Waals surface area contributed by atoms with E-state index in [9.17, 15) is 20.2 Å². The number of allylic oxidation sites excluding steroid dienone is 1. The molecule has 0 atom stereocenters. The first-order valence-corrected chi connectivity index (χ1v) is 10.9.